The summed E-state index contributed by atoms with van der Waals surface area (Å²) in [4.78, 5) is 2.49. The highest BCUT2D eigenvalue weighted by molar-refractivity contribution is 5.55. The van der Waals surface area contributed by atoms with Crippen molar-refractivity contribution in [1.82, 2.24) is 0 Å². The third-order valence-electron chi connectivity index (χ3n) is 6.46. The Kier molecular flexibility index (Phi) is 6.66. The van der Waals surface area contributed by atoms with E-state index >= 15 is 0 Å². The average Bonchev–Trinajstić information content (AvgIpc) is 2.88. The maximum Gasteiger partial charge on any atom is 0.0698 e. The standard InChI is InChI=1S/C30H32N4/c1-23-17-19-27(20-18-23)34-21-28(31-24-11-5-2-6-12-24)30(33-26-15-9-4-10-16-26)29(22-34)32-25-13-7-3-8-14-25/h2-20,28-33H,21-22H2,1H3. The second-order valence-corrected chi connectivity index (χ2v) is 9.01. The van der Waals surface area contributed by atoms with Crippen molar-refractivity contribution in [3.63, 3.8) is 0 Å². The summed E-state index contributed by atoms with van der Waals surface area (Å²) >= 11 is 0. The maximum absolute atomic E-state index is 3.85. The van der Waals surface area contributed by atoms with Gasteiger partial charge in [0.1, 0.15) is 0 Å². The molecule has 34 heavy (non-hydrogen) atoms. The van der Waals surface area contributed by atoms with Crippen LogP contribution < -0.4 is 20.9 Å². The van der Waals surface area contributed by atoms with Crippen LogP contribution in [0.4, 0.5) is 22.7 Å². The smallest absolute Gasteiger partial charge is 0.0698 e. The lowest BCUT2D eigenvalue weighted by Gasteiger charge is -2.46. The molecule has 0 saturated carbocycles. The van der Waals surface area contributed by atoms with Crippen LogP contribution in [0.1, 0.15) is 5.56 Å². The van der Waals surface area contributed by atoms with E-state index in [4.69, 9.17) is 0 Å². The molecule has 1 aliphatic heterocycles. The molecule has 0 spiro atoms. The number of rotatable bonds is 7. The van der Waals surface area contributed by atoms with E-state index in [1.54, 1.807) is 0 Å². The molecule has 1 fully saturated rings. The Hall–Kier alpha value is -3.92. The van der Waals surface area contributed by atoms with E-state index in [0.717, 1.165) is 30.2 Å². The molecule has 1 heterocycles. The van der Waals surface area contributed by atoms with Crippen molar-refractivity contribution in [2.45, 2.75) is 25.0 Å². The summed E-state index contributed by atoms with van der Waals surface area (Å²) in [5.41, 5.74) is 5.94. The first kappa shape index (κ1) is 21.9. The van der Waals surface area contributed by atoms with Gasteiger partial charge in [0.15, 0.2) is 0 Å². The lowest BCUT2D eigenvalue weighted by Crippen LogP contribution is -2.63. The number of nitrogens with one attached hydrogen (secondary N) is 3. The SMILES string of the molecule is Cc1ccc(N2CC(Nc3ccccc3)C(Nc3ccccc3)C(Nc3ccccc3)C2)cc1. The van der Waals surface area contributed by atoms with Gasteiger partial charge in [-0.25, -0.2) is 0 Å². The predicted molar refractivity (Wildman–Crippen MR) is 145 cm³/mol. The first-order chi connectivity index (χ1) is 16.7. The van der Waals surface area contributed by atoms with Crippen LogP contribution in [0.3, 0.4) is 0 Å². The number of para-hydroxylation sites is 3. The molecule has 4 heteroatoms. The predicted octanol–water partition coefficient (Wildman–Crippen LogP) is 6.26. The van der Waals surface area contributed by atoms with Crippen LogP contribution in [0, 0.1) is 6.92 Å². The topological polar surface area (TPSA) is 39.3 Å². The van der Waals surface area contributed by atoms with E-state index in [0.29, 0.717) is 0 Å². The van der Waals surface area contributed by atoms with Crippen LogP contribution in [0.25, 0.3) is 0 Å². The van der Waals surface area contributed by atoms with Gasteiger partial charge in [-0.1, -0.05) is 72.3 Å². The van der Waals surface area contributed by atoms with Gasteiger partial charge in [-0.3, -0.25) is 0 Å². The quantitative estimate of drug-likeness (QED) is 0.312. The van der Waals surface area contributed by atoms with Crippen molar-refractivity contribution in [2.24, 2.45) is 0 Å². The Bertz CT molecular complexity index is 1100. The van der Waals surface area contributed by atoms with Crippen LogP contribution in [0.15, 0.2) is 115 Å². The Morgan fingerprint density at radius 1 is 0.529 bits per heavy atom. The van der Waals surface area contributed by atoms with Crippen LogP contribution in [0.2, 0.25) is 0 Å². The van der Waals surface area contributed by atoms with E-state index in [1.165, 1.54) is 11.3 Å². The van der Waals surface area contributed by atoms with E-state index in [-0.39, 0.29) is 18.1 Å². The Morgan fingerprint density at radius 2 is 0.941 bits per heavy atom. The molecule has 0 aromatic heterocycles. The number of hydrogen-bond donors (Lipinski definition) is 3. The van der Waals surface area contributed by atoms with Crippen LogP contribution >= 0.6 is 0 Å². The number of benzene rings is 4. The van der Waals surface area contributed by atoms with Crippen LogP contribution in [-0.4, -0.2) is 31.2 Å². The van der Waals surface area contributed by atoms with Gasteiger partial charge in [0.05, 0.1) is 18.1 Å². The molecular weight excluding hydrogens is 416 g/mol. The number of aryl methyl sites for hydroxylation is 1. The molecule has 3 N–H and O–H groups in total. The van der Waals surface area contributed by atoms with Crippen molar-refractivity contribution in [1.29, 1.82) is 0 Å². The molecule has 1 saturated heterocycles. The zero-order chi connectivity index (χ0) is 23.2. The summed E-state index contributed by atoms with van der Waals surface area (Å²) < 4.78 is 0. The van der Waals surface area contributed by atoms with Gasteiger partial charge in [-0.05, 0) is 55.5 Å². The van der Waals surface area contributed by atoms with E-state index < -0.39 is 0 Å². The van der Waals surface area contributed by atoms with Gasteiger partial charge in [-0.2, -0.15) is 0 Å². The van der Waals surface area contributed by atoms with Crippen molar-refractivity contribution in [2.75, 3.05) is 33.9 Å². The molecule has 0 amide bonds. The number of piperidine rings is 1. The van der Waals surface area contributed by atoms with Crippen molar-refractivity contribution >= 4 is 22.7 Å². The molecule has 4 aromatic carbocycles. The van der Waals surface area contributed by atoms with Crippen LogP contribution in [-0.2, 0) is 0 Å². The summed E-state index contributed by atoms with van der Waals surface area (Å²) in [5.74, 6) is 0. The molecule has 2 atom stereocenters. The minimum absolute atomic E-state index is 0.171. The fourth-order valence-corrected chi connectivity index (χ4v) is 4.72. The zero-order valence-electron chi connectivity index (χ0n) is 19.6. The molecule has 2 unspecified atom stereocenters. The van der Waals surface area contributed by atoms with Crippen LogP contribution in [0.5, 0.6) is 0 Å². The van der Waals surface area contributed by atoms with Crippen molar-refractivity contribution < 1.29 is 0 Å². The molecule has 4 aromatic rings. The highest BCUT2D eigenvalue weighted by Gasteiger charge is 2.37. The Balaban J connectivity index is 1.49. The Morgan fingerprint density at radius 3 is 1.38 bits per heavy atom. The highest BCUT2D eigenvalue weighted by atomic mass is 15.2. The van der Waals surface area contributed by atoms with Gasteiger partial charge < -0.3 is 20.9 Å². The first-order valence-electron chi connectivity index (χ1n) is 12.0. The minimum atomic E-state index is 0.171. The molecule has 0 bridgehead atoms. The molecule has 172 valence electrons. The average molecular weight is 449 g/mol. The lowest BCUT2D eigenvalue weighted by atomic mass is 9.92. The molecule has 0 radical (unpaired) electrons. The molecule has 5 rings (SSSR count). The monoisotopic (exact) mass is 448 g/mol. The Labute approximate surface area is 202 Å². The van der Waals surface area contributed by atoms with Gasteiger partial charge in [0.25, 0.3) is 0 Å². The maximum atomic E-state index is 3.85. The third kappa shape index (κ3) is 5.34. The number of anilines is 4. The first-order valence-corrected chi connectivity index (χ1v) is 12.0. The van der Waals surface area contributed by atoms with Gasteiger partial charge in [0, 0.05) is 35.8 Å². The van der Waals surface area contributed by atoms with Gasteiger partial charge in [0.2, 0.25) is 0 Å². The second kappa shape index (κ2) is 10.3. The molecule has 4 nitrogen and oxygen atoms in total. The third-order valence-corrected chi connectivity index (χ3v) is 6.46. The molecular formula is C30H32N4. The number of hydrogen-bond acceptors (Lipinski definition) is 4. The normalized spacial score (nSPS) is 19.9. The van der Waals surface area contributed by atoms with Gasteiger partial charge in [-0.15, -0.1) is 0 Å². The van der Waals surface area contributed by atoms with Crippen molar-refractivity contribution in [3.05, 3.63) is 121 Å². The summed E-state index contributed by atoms with van der Waals surface area (Å²) in [6.45, 7) is 3.93. The highest BCUT2D eigenvalue weighted by Crippen LogP contribution is 2.27. The lowest BCUT2D eigenvalue weighted by molar-refractivity contribution is 0.447. The summed E-state index contributed by atoms with van der Waals surface area (Å²) in [5, 5.41) is 11.5. The van der Waals surface area contributed by atoms with Gasteiger partial charge >= 0.3 is 0 Å². The fourth-order valence-electron chi connectivity index (χ4n) is 4.72. The molecule has 1 aliphatic rings. The zero-order valence-corrected chi connectivity index (χ0v) is 19.6. The van der Waals surface area contributed by atoms with E-state index in [9.17, 15) is 0 Å². The summed E-state index contributed by atoms with van der Waals surface area (Å²) in [6.07, 6.45) is 0. The molecule has 0 aliphatic carbocycles. The van der Waals surface area contributed by atoms with E-state index in [2.05, 4.69) is 143 Å². The van der Waals surface area contributed by atoms with E-state index in [1.807, 2.05) is 0 Å². The fraction of sp³-hybridized carbons (Fsp3) is 0.200. The van der Waals surface area contributed by atoms with Crippen molar-refractivity contribution in [3.8, 4) is 0 Å². The summed E-state index contributed by atoms with van der Waals surface area (Å²) in [6, 6.07) is 41.0. The second-order valence-electron chi connectivity index (χ2n) is 9.01. The largest absolute Gasteiger partial charge is 0.378 e. The summed E-state index contributed by atoms with van der Waals surface area (Å²) in [7, 11) is 0. The minimum Gasteiger partial charge on any atom is -0.378 e. The number of nitrogens with zero attached hydrogens (tertiary/aromatic N) is 1.